The van der Waals surface area contributed by atoms with Crippen LogP contribution in [-0.2, 0) is 6.54 Å². The molecule has 1 amide bonds. The van der Waals surface area contributed by atoms with Gasteiger partial charge in [-0.1, -0.05) is 38.8 Å². The average molecular weight is 274 g/mol. The monoisotopic (exact) mass is 274 g/mol. The van der Waals surface area contributed by atoms with Crippen molar-refractivity contribution in [3.05, 3.63) is 35.4 Å². The van der Waals surface area contributed by atoms with Gasteiger partial charge in [0.05, 0.1) is 0 Å². The van der Waals surface area contributed by atoms with Gasteiger partial charge in [-0.05, 0) is 42.4 Å². The van der Waals surface area contributed by atoms with E-state index in [-0.39, 0.29) is 5.91 Å². The Morgan fingerprint density at radius 3 is 2.50 bits per heavy atom. The molecule has 0 spiro atoms. The first-order valence-electron chi connectivity index (χ1n) is 7.71. The predicted octanol–water partition coefficient (Wildman–Crippen LogP) is 3.09. The van der Waals surface area contributed by atoms with Gasteiger partial charge < -0.3 is 11.1 Å². The molecule has 1 aromatic rings. The SMILES string of the molecule is CC(C)C1CCCCC1NC(=O)c1ccc(CN)cc1. The van der Waals surface area contributed by atoms with Crippen LogP contribution in [0.25, 0.3) is 0 Å². The molecule has 0 bridgehead atoms. The highest BCUT2D eigenvalue weighted by Gasteiger charge is 2.28. The molecule has 20 heavy (non-hydrogen) atoms. The van der Waals surface area contributed by atoms with E-state index in [0.29, 0.717) is 24.4 Å². The summed E-state index contributed by atoms with van der Waals surface area (Å²) in [6, 6.07) is 7.91. The van der Waals surface area contributed by atoms with E-state index in [2.05, 4.69) is 19.2 Å². The molecule has 1 aliphatic carbocycles. The number of nitrogens with two attached hydrogens (primary N) is 1. The van der Waals surface area contributed by atoms with Crippen molar-refractivity contribution in [1.29, 1.82) is 0 Å². The minimum atomic E-state index is 0.0473. The number of carbonyl (C=O) groups excluding carboxylic acids is 1. The molecule has 0 heterocycles. The number of hydrogen-bond acceptors (Lipinski definition) is 2. The molecule has 3 N–H and O–H groups in total. The molecule has 2 atom stereocenters. The van der Waals surface area contributed by atoms with Crippen LogP contribution in [0.1, 0.15) is 55.5 Å². The number of amides is 1. The quantitative estimate of drug-likeness (QED) is 0.886. The molecule has 1 saturated carbocycles. The van der Waals surface area contributed by atoms with Crippen LogP contribution in [0.5, 0.6) is 0 Å². The van der Waals surface area contributed by atoms with Crippen LogP contribution in [0.2, 0.25) is 0 Å². The summed E-state index contributed by atoms with van der Waals surface area (Å²) < 4.78 is 0. The molecule has 1 fully saturated rings. The molecule has 0 aliphatic heterocycles. The Morgan fingerprint density at radius 1 is 1.25 bits per heavy atom. The molecule has 0 saturated heterocycles. The third-order valence-electron chi connectivity index (χ3n) is 4.44. The van der Waals surface area contributed by atoms with Gasteiger partial charge in [-0.3, -0.25) is 4.79 Å². The van der Waals surface area contributed by atoms with E-state index < -0.39 is 0 Å². The Balaban J connectivity index is 2.01. The van der Waals surface area contributed by atoms with Crippen molar-refractivity contribution >= 4 is 5.91 Å². The molecule has 2 rings (SSSR count). The van der Waals surface area contributed by atoms with Crippen LogP contribution in [0, 0.1) is 11.8 Å². The van der Waals surface area contributed by atoms with E-state index in [4.69, 9.17) is 5.73 Å². The van der Waals surface area contributed by atoms with Gasteiger partial charge in [-0.15, -0.1) is 0 Å². The Kier molecular flexibility index (Phi) is 5.18. The summed E-state index contributed by atoms with van der Waals surface area (Å²) in [5, 5.41) is 3.23. The van der Waals surface area contributed by atoms with Gasteiger partial charge in [0.25, 0.3) is 5.91 Å². The van der Waals surface area contributed by atoms with Gasteiger partial charge in [0.1, 0.15) is 0 Å². The Bertz CT molecular complexity index is 439. The first-order chi connectivity index (χ1) is 9.61. The molecule has 0 aromatic heterocycles. The summed E-state index contributed by atoms with van der Waals surface area (Å²) in [6.45, 7) is 5.02. The summed E-state index contributed by atoms with van der Waals surface area (Å²) in [5.74, 6) is 1.28. The molecule has 2 unspecified atom stereocenters. The zero-order chi connectivity index (χ0) is 14.5. The van der Waals surface area contributed by atoms with Gasteiger partial charge in [0.15, 0.2) is 0 Å². The lowest BCUT2D eigenvalue weighted by molar-refractivity contribution is 0.0889. The van der Waals surface area contributed by atoms with Gasteiger partial charge in [0.2, 0.25) is 0 Å². The van der Waals surface area contributed by atoms with Crippen molar-refractivity contribution < 1.29 is 4.79 Å². The van der Waals surface area contributed by atoms with E-state index >= 15 is 0 Å². The zero-order valence-corrected chi connectivity index (χ0v) is 12.6. The van der Waals surface area contributed by atoms with Crippen LogP contribution in [0.15, 0.2) is 24.3 Å². The third kappa shape index (κ3) is 3.60. The Hall–Kier alpha value is -1.35. The minimum absolute atomic E-state index is 0.0473. The van der Waals surface area contributed by atoms with Crippen molar-refractivity contribution in [2.75, 3.05) is 0 Å². The number of rotatable bonds is 4. The molecule has 0 radical (unpaired) electrons. The zero-order valence-electron chi connectivity index (χ0n) is 12.6. The Labute approximate surface area is 121 Å². The molecule has 3 heteroatoms. The summed E-state index contributed by atoms with van der Waals surface area (Å²) in [6.07, 6.45) is 4.85. The number of hydrogen-bond donors (Lipinski definition) is 2. The standard InChI is InChI=1S/C17H26N2O/c1-12(2)15-5-3-4-6-16(15)19-17(20)14-9-7-13(11-18)8-10-14/h7-10,12,15-16H,3-6,11,18H2,1-2H3,(H,19,20). The predicted molar refractivity (Wildman–Crippen MR) is 82.4 cm³/mol. The summed E-state index contributed by atoms with van der Waals surface area (Å²) in [5.41, 5.74) is 7.36. The van der Waals surface area contributed by atoms with Gasteiger partial charge in [-0.25, -0.2) is 0 Å². The lowest BCUT2D eigenvalue weighted by atomic mass is 9.78. The molecule has 1 aliphatic rings. The highest BCUT2D eigenvalue weighted by Crippen LogP contribution is 2.30. The molecule has 110 valence electrons. The molecule has 1 aromatic carbocycles. The van der Waals surface area contributed by atoms with E-state index in [0.717, 1.165) is 17.5 Å². The largest absolute Gasteiger partial charge is 0.349 e. The van der Waals surface area contributed by atoms with Gasteiger partial charge in [-0.2, -0.15) is 0 Å². The highest BCUT2D eigenvalue weighted by atomic mass is 16.1. The third-order valence-corrected chi connectivity index (χ3v) is 4.44. The second-order valence-corrected chi connectivity index (χ2v) is 6.17. The van der Waals surface area contributed by atoms with Crippen LogP contribution < -0.4 is 11.1 Å². The second kappa shape index (κ2) is 6.89. The van der Waals surface area contributed by atoms with Crippen molar-refractivity contribution in [3.63, 3.8) is 0 Å². The minimum Gasteiger partial charge on any atom is -0.349 e. The fraction of sp³-hybridized carbons (Fsp3) is 0.588. The average Bonchev–Trinajstić information content (AvgIpc) is 2.47. The Morgan fingerprint density at radius 2 is 1.90 bits per heavy atom. The van der Waals surface area contributed by atoms with Crippen molar-refractivity contribution in [2.45, 2.75) is 52.1 Å². The van der Waals surface area contributed by atoms with E-state index in [9.17, 15) is 4.79 Å². The molecule has 3 nitrogen and oxygen atoms in total. The first kappa shape index (κ1) is 15.0. The topological polar surface area (TPSA) is 55.1 Å². The maximum atomic E-state index is 12.3. The maximum Gasteiger partial charge on any atom is 0.251 e. The van der Waals surface area contributed by atoms with Crippen molar-refractivity contribution in [2.24, 2.45) is 17.6 Å². The van der Waals surface area contributed by atoms with E-state index in [1.807, 2.05) is 24.3 Å². The highest BCUT2D eigenvalue weighted by molar-refractivity contribution is 5.94. The second-order valence-electron chi connectivity index (χ2n) is 6.17. The number of carbonyl (C=O) groups is 1. The van der Waals surface area contributed by atoms with Gasteiger partial charge >= 0.3 is 0 Å². The van der Waals surface area contributed by atoms with Crippen molar-refractivity contribution in [3.8, 4) is 0 Å². The first-order valence-corrected chi connectivity index (χ1v) is 7.71. The van der Waals surface area contributed by atoms with E-state index in [1.165, 1.54) is 19.3 Å². The fourth-order valence-corrected chi connectivity index (χ4v) is 3.18. The smallest absolute Gasteiger partial charge is 0.251 e. The normalized spacial score (nSPS) is 22.8. The number of benzene rings is 1. The summed E-state index contributed by atoms with van der Waals surface area (Å²) in [4.78, 5) is 12.3. The van der Waals surface area contributed by atoms with Crippen LogP contribution >= 0.6 is 0 Å². The lowest BCUT2D eigenvalue weighted by Gasteiger charge is -2.34. The molecular formula is C17H26N2O. The lowest BCUT2D eigenvalue weighted by Crippen LogP contribution is -2.43. The van der Waals surface area contributed by atoms with Crippen LogP contribution in [-0.4, -0.2) is 11.9 Å². The maximum absolute atomic E-state index is 12.3. The van der Waals surface area contributed by atoms with Crippen molar-refractivity contribution in [1.82, 2.24) is 5.32 Å². The van der Waals surface area contributed by atoms with Gasteiger partial charge in [0, 0.05) is 18.2 Å². The van der Waals surface area contributed by atoms with Crippen LogP contribution in [0.4, 0.5) is 0 Å². The number of nitrogens with one attached hydrogen (secondary N) is 1. The van der Waals surface area contributed by atoms with E-state index in [1.54, 1.807) is 0 Å². The summed E-state index contributed by atoms with van der Waals surface area (Å²) >= 11 is 0. The summed E-state index contributed by atoms with van der Waals surface area (Å²) in [7, 11) is 0. The van der Waals surface area contributed by atoms with Crippen LogP contribution in [0.3, 0.4) is 0 Å². The fourth-order valence-electron chi connectivity index (χ4n) is 3.18. The molecular weight excluding hydrogens is 248 g/mol.